The molecule has 1 N–H and O–H groups in total. The number of nitrogens with zero attached hydrogens (tertiary/aromatic N) is 2. The summed E-state index contributed by atoms with van der Waals surface area (Å²) in [5.41, 5.74) is 1.55. The lowest BCUT2D eigenvalue weighted by Crippen LogP contribution is -2.28. The van der Waals surface area contributed by atoms with Gasteiger partial charge in [0.2, 0.25) is 5.91 Å². The minimum atomic E-state index is -0.520. The number of hydrogen-bond acceptors (Lipinski definition) is 3. The van der Waals surface area contributed by atoms with E-state index in [4.69, 9.17) is 0 Å². The highest BCUT2D eigenvalue weighted by atomic mass is 79.9. The molecular weight excluding hydrogens is 377 g/mol. The molecule has 0 fully saturated rings. The van der Waals surface area contributed by atoms with Crippen molar-refractivity contribution in [2.45, 2.75) is 13.5 Å². The van der Waals surface area contributed by atoms with Crippen LogP contribution in [0.2, 0.25) is 0 Å². The number of anilines is 1. The molecule has 1 aromatic heterocycles. The summed E-state index contributed by atoms with van der Waals surface area (Å²) in [6.45, 7) is 1.71. The lowest BCUT2D eigenvalue weighted by atomic mass is 10.2. The Morgan fingerprint density at radius 2 is 2.08 bits per heavy atom. The second-order valence-electron chi connectivity index (χ2n) is 5.35. The molecule has 0 saturated carbocycles. The molecule has 1 heterocycles. The summed E-state index contributed by atoms with van der Waals surface area (Å²) in [6.07, 6.45) is 1.29. The molecule has 3 aromatic rings. The van der Waals surface area contributed by atoms with E-state index in [1.807, 2.05) is 19.1 Å². The van der Waals surface area contributed by atoms with Gasteiger partial charge in [0.25, 0.3) is 5.56 Å². The van der Waals surface area contributed by atoms with Crippen LogP contribution in [0, 0.1) is 12.7 Å². The molecule has 1 amide bonds. The van der Waals surface area contributed by atoms with Crippen LogP contribution >= 0.6 is 15.9 Å². The number of amides is 1. The van der Waals surface area contributed by atoms with Crippen LogP contribution in [0.5, 0.6) is 0 Å². The Balaban J connectivity index is 1.84. The third-order valence-electron chi connectivity index (χ3n) is 3.54. The zero-order valence-electron chi connectivity index (χ0n) is 12.7. The number of fused-ring (bicyclic) bond motifs is 1. The van der Waals surface area contributed by atoms with Gasteiger partial charge in [-0.3, -0.25) is 14.2 Å². The van der Waals surface area contributed by atoms with Crippen molar-refractivity contribution >= 4 is 38.4 Å². The number of halogens is 2. The Morgan fingerprint density at radius 3 is 2.83 bits per heavy atom. The van der Waals surface area contributed by atoms with Gasteiger partial charge in [-0.05, 0) is 48.9 Å². The number of benzene rings is 2. The van der Waals surface area contributed by atoms with Crippen LogP contribution in [-0.2, 0) is 11.3 Å². The highest BCUT2D eigenvalue weighted by Gasteiger charge is 2.09. The fraction of sp³-hybridized carbons (Fsp3) is 0.118. The van der Waals surface area contributed by atoms with Crippen LogP contribution in [-0.4, -0.2) is 15.5 Å². The fourth-order valence-corrected chi connectivity index (χ4v) is 2.57. The topological polar surface area (TPSA) is 64.0 Å². The third kappa shape index (κ3) is 3.35. The average Bonchev–Trinajstić information content (AvgIpc) is 2.54. The molecule has 0 saturated heterocycles. The SMILES string of the molecule is Cc1cc(NC(=O)Cn2cnc3ccc(F)cc3c2=O)ccc1Br. The number of rotatable bonds is 3. The summed E-state index contributed by atoms with van der Waals surface area (Å²) in [6, 6.07) is 9.20. The summed E-state index contributed by atoms with van der Waals surface area (Å²) in [5, 5.41) is 2.87. The lowest BCUT2D eigenvalue weighted by Gasteiger charge is -2.09. The standard InChI is InChI=1S/C17H13BrFN3O2/c1-10-6-12(3-4-14(10)18)21-16(23)8-22-9-20-15-5-2-11(19)7-13(15)17(22)24/h2-7,9H,8H2,1H3,(H,21,23). The molecule has 5 nitrogen and oxygen atoms in total. The Kier molecular flexibility index (Phi) is 4.44. The molecule has 0 bridgehead atoms. The normalized spacial score (nSPS) is 10.8. The van der Waals surface area contributed by atoms with E-state index in [-0.39, 0.29) is 17.8 Å². The van der Waals surface area contributed by atoms with Crippen molar-refractivity contribution in [2.75, 3.05) is 5.32 Å². The Morgan fingerprint density at radius 1 is 1.29 bits per heavy atom. The largest absolute Gasteiger partial charge is 0.325 e. The van der Waals surface area contributed by atoms with Crippen LogP contribution in [0.25, 0.3) is 10.9 Å². The molecule has 24 heavy (non-hydrogen) atoms. The molecular formula is C17H13BrFN3O2. The van der Waals surface area contributed by atoms with E-state index in [1.165, 1.54) is 18.5 Å². The maximum atomic E-state index is 13.3. The molecule has 0 radical (unpaired) electrons. The van der Waals surface area contributed by atoms with Gasteiger partial charge >= 0.3 is 0 Å². The van der Waals surface area contributed by atoms with Gasteiger partial charge in [-0.15, -0.1) is 0 Å². The molecule has 0 aliphatic carbocycles. The smallest absolute Gasteiger partial charge is 0.261 e. The summed E-state index contributed by atoms with van der Waals surface area (Å²) >= 11 is 3.39. The van der Waals surface area contributed by atoms with Gasteiger partial charge in [-0.1, -0.05) is 15.9 Å². The molecule has 0 atom stereocenters. The van der Waals surface area contributed by atoms with Crippen molar-refractivity contribution in [3.8, 4) is 0 Å². The summed E-state index contributed by atoms with van der Waals surface area (Å²) < 4.78 is 15.4. The molecule has 0 spiro atoms. The first kappa shape index (κ1) is 16.3. The number of aromatic nitrogens is 2. The van der Waals surface area contributed by atoms with E-state index < -0.39 is 11.4 Å². The molecule has 2 aromatic carbocycles. The van der Waals surface area contributed by atoms with Crippen LogP contribution in [0.3, 0.4) is 0 Å². The van der Waals surface area contributed by atoms with Crippen LogP contribution < -0.4 is 10.9 Å². The summed E-state index contributed by atoms with van der Waals surface area (Å²) in [7, 11) is 0. The fourth-order valence-electron chi connectivity index (χ4n) is 2.32. The first-order valence-corrected chi connectivity index (χ1v) is 7.94. The van der Waals surface area contributed by atoms with Gasteiger partial charge in [0.1, 0.15) is 12.4 Å². The Hall–Kier alpha value is -2.54. The van der Waals surface area contributed by atoms with Crippen LogP contribution in [0.4, 0.5) is 10.1 Å². The highest BCUT2D eigenvalue weighted by Crippen LogP contribution is 2.20. The van der Waals surface area contributed by atoms with Gasteiger partial charge in [0, 0.05) is 10.2 Å². The van der Waals surface area contributed by atoms with E-state index in [1.54, 1.807) is 6.07 Å². The van der Waals surface area contributed by atoms with Gasteiger partial charge < -0.3 is 5.32 Å². The monoisotopic (exact) mass is 389 g/mol. The summed E-state index contributed by atoms with van der Waals surface area (Å²) in [5.74, 6) is -0.884. The molecule has 122 valence electrons. The van der Waals surface area contributed by atoms with Crippen molar-refractivity contribution < 1.29 is 9.18 Å². The zero-order valence-corrected chi connectivity index (χ0v) is 14.3. The van der Waals surface area contributed by atoms with Gasteiger partial charge in [-0.2, -0.15) is 0 Å². The van der Waals surface area contributed by atoms with Gasteiger partial charge in [-0.25, -0.2) is 9.37 Å². The van der Waals surface area contributed by atoms with E-state index >= 15 is 0 Å². The first-order chi connectivity index (χ1) is 11.4. The number of carbonyl (C=O) groups excluding carboxylic acids is 1. The number of nitrogens with one attached hydrogen (secondary N) is 1. The van der Waals surface area contributed by atoms with E-state index in [0.717, 1.165) is 20.7 Å². The predicted molar refractivity (Wildman–Crippen MR) is 93.5 cm³/mol. The zero-order chi connectivity index (χ0) is 17.3. The van der Waals surface area contributed by atoms with Gasteiger partial charge in [0.15, 0.2) is 0 Å². The van der Waals surface area contributed by atoms with Crippen molar-refractivity contribution in [3.05, 3.63) is 68.9 Å². The second kappa shape index (κ2) is 6.52. The Bertz CT molecular complexity index is 1000. The summed E-state index contributed by atoms with van der Waals surface area (Å²) in [4.78, 5) is 28.6. The highest BCUT2D eigenvalue weighted by molar-refractivity contribution is 9.10. The quantitative estimate of drug-likeness (QED) is 0.747. The minimum Gasteiger partial charge on any atom is -0.325 e. The maximum Gasteiger partial charge on any atom is 0.261 e. The van der Waals surface area contributed by atoms with Crippen LogP contribution in [0.1, 0.15) is 5.56 Å². The molecule has 0 unspecified atom stereocenters. The second-order valence-corrected chi connectivity index (χ2v) is 6.21. The molecule has 3 rings (SSSR count). The molecule has 7 heteroatoms. The minimum absolute atomic E-state index is 0.143. The first-order valence-electron chi connectivity index (χ1n) is 7.15. The van der Waals surface area contributed by atoms with E-state index in [9.17, 15) is 14.0 Å². The van der Waals surface area contributed by atoms with E-state index in [2.05, 4.69) is 26.2 Å². The van der Waals surface area contributed by atoms with E-state index in [0.29, 0.717) is 11.2 Å². The third-order valence-corrected chi connectivity index (χ3v) is 4.43. The maximum absolute atomic E-state index is 13.3. The van der Waals surface area contributed by atoms with Crippen molar-refractivity contribution in [2.24, 2.45) is 0 Å². The number of carbonyl (C=O) groups is 1. The molecule has 0 aliphatic rings. The van der Waals surface area contributed by atoms with Gasteiger partial charge in [0.05, 0.1) is 17.2 Å². The lowest BCUT2D eigenvalue weighted by molar-refractivity contribution is -0.116. The van der Waals surface area contributed by atoms with Crippen molar-refractivity contribution in [1.82, 2.24) is 9.55 Å². The van der Waals surface area contributed by atoms with Crippen molar-refractivity contribution in [3.63, 3.8) is 0 Å². The van der Waals surface area contributed by atoms with Crippen molar-refractivity contribution in [1.29, 1.82) is 0 Å². The number of hydrogen-bond donors (Lipinski definition) is 1. The predicted octanol–water partition coefficient (Wildman–Crippen LogP) is 3.25. The van der Waals surface area contributed by atoms with Crippen LogP contribution in [0.15, 0.2) is 52.0 Å². The molecule has 0 aliphatic heterocycles. The Labute approximate surface area is 145 Å². The average molecular weight is 390 g/mol. The number of aryl methyl sites for hydroxylation is 1.